The first-order chi connectivity index (χ1) is 5.80. The number of aliphatic hydroxyl groups excluding tert-OH is 1. The summed E-state index contributed by atoms with van der Waals surface area (Å²) in [6.45, 7) is 7.17. The lowest BCUT2D eigenvalue weighted by atomic mass is 10.0. The topological polar surface area (TPSA) is 75.4 Å². The van der Waals surface area contributed by atoms with Crippen LogP contribution in [0.25, 0.3) is 0 Å². The molecule has 13 heavy (non-hydrogen) atoms. The van der Waals surface area contributed by atoms with E-state index in [0.29, 0.717) is 0 Å². The number of aliphatic hydroxyl groups is 1. The molecule has 0 aliphatic heterocycles. The van der Waals surface area contributed by atoms with Crippen LogP contribution in [0.1, 0.15) is 27.7 Å². The van der Waals surface area contributed by atoms with Crippen molar-refractivity contribution in [3.05, 3.63) is 0 Å². The molecule has 0 aromatic rings. The molecule has 0 aliphatic carbocycles. The molecule has 0 heterocycles. The van der Waals surface area contributed by atoms with Gasteiger partial charge in [-0.2, -0.15) is 0 Å². The summed E-state index contributed by atoms with van der Waals surface area (Å²) in [6.07, 6.45) is 0. The molecule has 1 amide bonds. The maximum absolute atomic E-state index is 11.4. The average molecular weight is 188 g/mol. The highest BCUT2D eigenvalue weighted by Gasteiger charge is 2.24. The summed E-state index contributed by atoms with van der Waals surface area (Å²) >= 11 is 0. The van der Waals surface area contributed by atoms with Crippen LogP contribution in [0.4, 0.5) is 0 Å². The summed E-state index contributed by atoms with van der Waals surface area (Å²) in [5.74, 6) is -0.108. The number of amides is 1. The molecule has 0 fully saturated rings. The third-order valence-electron chi connectivity index (χ3n) is 1.88. The molecule has 0 radical (unpaired) electrons. The molecule has 4 nitrogen and oxygen atoms in total. The number of hydrogen-bond acceptors (Lipinski definition) is 3. The fourth-order valence-corrected chi connectivity index (χ4v) is 0.759. The second kappa shape index (κ2) is 4.58. The number of carbonyl (C=O) groups excluding carboxylic acids is 1. The standard InChI is InChI=1S/C9H20N2O2/c1-6(2)7(10)8(13)11-9(3,4)5-12/h6-7,12H,5,10H2,1-4H3,(H,11,13)/t7-/m1/s1. The van der Waals surface area contributed by atoms with Crippen molar-refractivity contribution < 1.29 is 9.90 Å². The maximum Gasteiger partial charge on any atom is 0.237 e. The van der Waals surface area contributed by atoms with E-state index in [9.17, 15) is 4.79 Å². The molecule has 78 valence electrons. The van der Waals surface area contributed by atoms with Crippen LogP contribution in [-0.2, 0) is 4.79 Å². The second-order valence-corrected chi connectivity index (χ2v) is 4.30. The minimum atomic E-state index is -0.594. The zero-order chi connectivity index (χ0) is 10.6. The van der Waals surface area contributed by atoms with E-state index < -0.39 is 11.6 Å². The number of nitrogens with two attached hydrogens (primary N) is 1. The Kier molecular flexibility index (Phi) is 4.36. The lowest BCUT2D eigenvalue weighted by molar-refractivity contribution is -0.125. The molecule has 0 aliphatic rings. The van der Waals surface area contributed by atoms with E-state index in [1.165, 1.54) is 0 Å². The molecule has 0 saturated carbocycles. The molecule has 0 unspecified atom stereocenters. The van der Waals surface area contributed by atoms with E-state index in [-0.39, 0.29) is 18.4 Å². The Hall–Kier alpha value is -0.610. The van der Waals surface area contributed by atoms with Gasteiger partial charge in [-0.25, -0.2) is 0 Å². The largest absolute Gasteiger partial charge is 0.394 e. The highest BCUT2D eigenvalue weighted by atomic mass is 16.3. The van der Waals surface area contributed by atoms with Crippen molar-refractivity contribution in [2.45, 2.75) is 39.3 Å². The molecule has 1 atom stereocenters. The lowest BCUT2D eigenvalue weighted by Crippen LogP contribution is -2.53. The van der Waals surface area contributed by atoms with Gasteiger partial charge in [-0.05, 0) is 19.8 Å². The van der Waals surface area contributed by atoms with Crippen molar-refractivity contribution in [1.82, 2.24) is 5.32 Å². The number of hydrogen-bond donors (Lipinski definition) is 3. The van der Waals surface area contributed by atoms with Crippen LogP contribution in [0.2, 0.25) is 0 Å². The highest BCUT2D eigenvalue weighted by molar-refractivity contribution is 5.82. The van der Waals surface area contributed by atoms with E-state index in [1.807, 2.05) is 13.8 Å². The van der Waals surface area contributed by atoms with Crippen molar-refractivity contribution in [2.75, 3.05) is 6.61 Å². The smallest absolute Gasteiger partial charge is 0.237 e. The first-order valence-electron chi connectivity index (χ1n) is 4.48. The van der Waals surface area contributed by atoms with Gasteiger partial charge in [0.2, 0.25) is 5.91 Å². The first kappa shape index (κ1) is 12.4. The van der Waals surface area contributed by atoms with Crippen LogP contribution < -0.4 is 11.1 Å². The molecule has 0 saturated heterocycles. The SMILES string of the molecule is CC(C)[C@@H](N)C(=O)NC(C)(C)CO. The summed E-state index contributed by atoms with van der Waals surface area (Å²) in [5.41, 5.74) is 5.03. The van der Waals surface area contributed by atoms with E-state index in [4.69, 9.17) is 10.8 Å². The van der Waals surface area contributed by atoms with Crippen LogP contribution >= 0.6 is 0 Å². The summed E-state index contributed by atoms with van der Waals surface area (Å²) in [5, 5.41) is 11.6. The number of carbonyl (C=O) groups is 1. The van der Waals surface area contributed by atoms with Gasteiger partial charge in [-0.3, -0.25) is 4.79 Å². The molecule has 0 aromatic carbocycles. The summed E-state index contributed by atoms with van der Waals surface area (Å²) in [6, 6.07) is -0.508. The van der Waals surface area contributed by atoms with Gasteiger partial charge in [0.25, 0.3) is 0 Å². The lowest BCUT2D eigenvalue weighted by Gasteiger charge is -2.26. The molecule has 0 spiro atoms. The summed E-state index contributed by atoms with van der Waals surface area (Å²) < 4.78 is 0. The van der Waals surface area contributed by atoms with Crippen molar-refractivity contribution in [1.29, 1.82) is 0 Å². The molecule has 4 N–H and O–H groups in total. The van der Waals surface area contributed by atoms with E-state index in [1.54, 1.807) is 13.8 Å². The number of rotatable bonds is 4. The van der Waals surface area contributed by atoms with Crippen molar-refractivity contribution >= 4 is 5.91 Å². The Labute approximate surface area is 79.5 Å². The van der Waals surface area contributed by atoms with Gasteiger partial charge >= 0.3 is 0 Å². The van der Waals surface area contributed by atoms with Gasteiger partial charge < -0.3 is 16.2 Å². The first-order valence-corrected chi connectivity index (χ1v) is 4.48. The van der Waals surface area contributed by atoms with Crippen LogP contribution in [0.5, 0.6) is 0 Å². The molecular formula is C9H20N2O2. The fourth-order valence-electron chi connectivity index (χ4n) is 0.759. The molecule has 0 bridgehead atoms. The van der Waals surface area contributed by atoms with Crippen LogP contribution in [0.15, 0.2) is 0 Å². The summed E-state index contributed by atoms with van der Waals surface area (Å²) in [4.78, 5) is 11.4. The Balaban J connectivity index is 4.15. The van der Waals surface area contributed by atoms with E-state index in [0.717, 1.165) is 0 Å². The Morgan fingerprint density at radius 3 is 2.31 bits per heavy atom. The van der Waals surface area contributed by atoms with Crippen LogP contribution in [-0.4, -0.2) is 29.2 Å². The highest BCUT2D eigenvalue weighted by Crippen LogP contribution is 2.03. The predicted molar refractivity (Wildman–Crippen MR) is 52.1 cm³/mol. The fraction of sp³-hybridized carbons (Fsp3) is 0.889. The quantitative estimate of drug-likeness (QED) is 0.574. The van der Waals surface area contributed by atoms with Crippen molar-refractivity contribution in [2.24, 2.45) is 11.7 Å². The third kappa shape index (κ3) is 4.24. The molecule has 4 heteroatoms. The Bertz CT molecular complexity index is 178. The van der Waals surface area contributed by atoms with Crippen LogP contribution in [0, 0.1) is 5.92 Å². The summed E-state index contributed by atoms with van der Waals surface area (Å²) in [7, 11) is 0. The van der Waals surface area contributed by atoms with Gasteiger partial charge in [0.05, 0.1) is 18.2 Å². The van der Waals surface area contributed by atoms with E-state index in [2.05, 4.69) is 5.32 Å². The third-order valence-corrected chi connectivity index (χ3v) is 1.88. The monoisotopic (exact) mass is 188 g/mol. The minimum Gasteiger partial charge on any atom is -0.394 e. The van der Waals surface area contributed by atoms with Gasteiger partial charge in [-0.15, -0.1) is 0 Å². The second-order valence-electron chi connectivity index (χ2n) is 4.30. The molecular weight excluding hydrogens is 168 g/mol. The Morgan fingerprint density at radius 1 is 1.54 bits per heavy atom. The van der Waals surface area contributed by atoms with Gasteiger partial charge in [0.1, 0.15) is 0 Å². The van der Waals surface area contributed by atoms with E-state index >= 15 is 0 Å². The zero-order valence-corrected chi connectivity index (χ0v) is 8.79. The van der Waals surface area contributed by atoms with Crippen molar-refractivity contribution in [3.63, 3.8) is 0 Å². The molecule has 0 aromatic heterocycles. The van der Waals surface area contributed by atoms with Crippen LogP contribution in [0.3, 0.4) is 0 Å². The predicted octanol–water partition coefficient (Wildman–Crippen LogP) is -0.143. The van der Waals surface area contributed by atoms with Gasteiger partial charge in [-0.1, -0.05) is 13.8 Å². The zero-order valence-electron chi connectivity index (χ0n) is 8.79. The molecule has 0 rings (SSSR count). The minimum absolute atomic E-state index is 0.0937. The van der Waals surface area contributed by atoms with Crippen molar-refractivity contribution in [3.8, 4) is 0 Å². The Morgan fingerprint density at radius 2 is 2.00 bits per heavy atom. The van der Waals surface area contributed by atoms with Gasteiger partial charge in [0, 0.05) is 0 Å². The maximum atomic E-state index is 11.4. The average Bonchev–Trinajstić information content (AvgIpc) is 2.02. The van der Waals surface area contributed by atoms with Gasteiger partial charge in [0.15, 0.2) is 0 Å². The number of nitrogens with one attached hydrogen (secondary N) is 1. The normalized spacial score (nSPS) is 14.4.